The van der Waals surface area contributed by atoms with E-state index in [0.717, 1.165) is 75.5 Å². The van der Waals surface area contributed by atoms with Gasteiger partial charge in [-0.05, 0) is 89.7 Å². The Morgan fingerprint density at radius 1 is 0.944 bits per heavy atom. The van der Waals surface area contributed by atoms with Gasteiger partial charge in [-0.3, -0.25) is 4.90 Å². The number of β-amino-alcohol motifs (C(OH)–C–C–N with tert-alkyl or cyclic N) is 1. The summed E-state index contributed by atoms with van der Waals surface area (Å²) in [7, 11) is 0. The zero-order valence-electron chi connectivity index (χ0n) is 20.7. The molecule has 1 N–H and O–H groups in total. The van der Waals surface area contributed by atoms with Crippen LogP contribution in [0, 0.1) is 11.8 Å². The van der Waals surface area contributed by atoms with Gasteiger partial charge in [-0.25, -0.2) is 0 Å². The molecule has 2 saturated heterocycles. The lowest BCUT2D eigenvalue weighted by Crippen LogP contribution is -2.46. The van der Waals surface area contributed by atoms with Crippen molar-refractivity contribution in [3.05, 3.63) is 92.1 Å². The maximum Gasteiger partial charge on any atom is 0.0695 e. The molecule has 0 amide bonds. The molecule has 3 aromatic rings. The normalized spacial score (nSPS) is 25.4. The Hall–Kier alpha value is -1.40. The summed E-state index contributed by atoms with van der Waals surface area (Å²) >= 11 is 14.4. The molecule has 1 aromatic heterocycles. The van der Waals surface area contributed by atoms with Gasteiger partial charge in [0.2, 0.25) is 0 Å². The van der Waals surface area contributed by atoms with Gasteiger partial charge in [0.25, 0.3) is 0 Å². The lowest BCUT2D eigenvalue weighted by molar-refractivity contribution is 0.0117. The summed E-state index contributed by atoms with van der Waals surface area (Å²) in [5, 5.41) is 16.9. The number of benzene rings is 2. The molecule has 0 aliphatic carbocycles. The second-order valence-corrected chi connectivity index (χ2v) is 12.2. The van der Waals surface area contributed by atoms with E-state index in [1.807, 2.05) is 12.1 Å². The molecule has 0 bridgehead atoms. The number of halogens is 2. The molecule has 2 aliphatic heterocycles. The van der Waals surface area contributed by atoms with Gasteiger partial charge in [0.05, 0.1) is 6.10 Å². The molecule has 3 unspecified atom stereocenters. The standard InChI is InChI=1S/C30H36Cl2N2OS/c31-27-10-9-24(29(32)15-27)16-34-18-26(28(19-34)25-12-14-36-21-25)17-33-13-11-23(30(35)20-33)8-4-7-22-5-2-1-3-6-22/h1-3,5-6,9-10,12,14-15,21,23,26,28,30,35H,4,7-8,11,13,16-20H2/t23?,26?,28-,30?/m1/s1. The second kappa shape index (κ2) is 12.4. The predicted octanol–water partition coefficient (Wildman–Crippen LogP) is 6.98. The number of hydrogen-bond acceptors (Lipinski definition) is 4. The quantitative estimate of drug-likeness (QED) is 0.316. The highest BCUT2D eigenvalue weighted by Gasteiger charge is 2.37. The fourth-order valence-corrected chi connectivity index (χ4v) is 7.32. The van der Waals surface area contributed by atoms with Crippen molar-refractivity contribution in [1.29, 1.82) is 0 Å². The summed E-state index contributed by atoms with van der Waals surface area (Å²) in [5.41, 5.74) is 3.98. The van der Waals surface area contributed by atoms with Gasteiger partial charge >= 0.3 is 0 Å². The number of aryl methyl sites for hydroxylation is 1. The van der Waals surface area contributed by atoms with E-state index in [1.165, 1.54) is 11.1 Å². The van der Waals surface area contributed by atoms with Crippen LogP contribution in [0.15, 0.2) is 65.4 Å². The number of aliphatic hydroxyl groups excluding tert-OH is 1. The van der Waals surface area contributed by atoms with Crippen LogP contribution in [0.5, 0.6) is 0 Å². The summed E-state index contributed by atoms with van der Waals surface area (Å²) in [6.07, 6.45) is 4.23. The third-order valence-electron chi connectivity index (χ3n) is 8.08. The van der Waals surface area contributed by atoms with E-state index in [0.29, 0.717) is 22.8 Å². The van der Waals surface area contributed by atoms with Crippen LogP contribution in [-0.4, -0.2) is 53.7 Å². The minimum Gasteiger partial charge on any atom is -0.392 e. The Balaban J connectivity index is 1.16. The summed E-state index contributed by atoms with van der Waals surface area (Å²) in [5.74, 6) is 1.49. The maximum atomic E-state index is 11.0. The van der Waals surface area contributed by atoms with Gasteiger partial charge in [-0.1, -0.05) is 59.6 Å². The van der Waals surface area contributed by atoms with Crippen LogP contribution in [-0.2, 0) is 13.0 Å². The van der Waals surface area contributed by atoms with Crippen LogP contribution in [0.25, 0.3) is 0 Å². The van der Waals surface area contributed by atoms with Gasteiger partial charge in [-0.2, -0.15) is 11.3 Å². The van der Waals surface area contributed by atoms with Crippen molar-refractivity contribution in [2.75, 3.05) is 32.7 Å². The van der Waals surface area contributed by atoms with Crippen molar-refractivity contribution in [1.82, 2.24) is 9.80 Å². The van der Waals surface area contributed by atoms with Crippen molar-refractivity contribution in [2.45, 2.75) is 44.2 Å². The van der Waals surface area contributed by atoms with E-state index < -0.39 is 0 Å². The van der Waals surface area contributed by atoms with Crippen molar-refractivity contribution >= 4 is 34.5 Å². The number of nitrogens with zero attached hydrogens (tertiary/aromatic N) is 2. The van der Waals surface area contributed by atoms with Crippen molar-refractivity contribution in [2.24, 2.45) is 11.8 Å². The average molecular weight is 544 g/mol. The summed E-state index contributed by atoms with van der Waals surface area (Å²) < 4.78 is 0. The molecule has 5 rings (SSSR count). The molecule has 192 valence electrons. The Kier molecular flexibility index (Phi) is 9.05. The molecular formula is C30H36Cl2N2OS. The van der Waals surface area contributed by atoms with Crippen LogP contribution < -0.4 is 0 Å². The van der Waals surface area contributed by atoms with E-state index in [1.54, 1.807) is 11.3 Å². The van der Waals surface area contributed by atoms with Crippen molar-refractivity contribution < 1.29 is 5.11 Å². The van der Waals surface area contributed by atoms with Gasteiger partial charge in [0, 0.05) is 48.7 Å². The molecule has 2 aliphatic rings. The van der Waals surface area contributed by atoms with Gasteiger partial charge in [-0.15, -0.1) is 0 Å². The molecule has 0 saturated carbocycles. The number of piperidine rings is 1. The highest BCUT2D eigenvalue weighted by Crippen LogP contribution is 2.37. The van der Waals surface area contributed by atoms with Crippen LogP contribution in [0.4, 0.5) is 0 Å². The lowest BCUT2D eigenvalue weighted by atomic mass is 9.86. The fraction of sp³-hybridized carbons (Fsp3) is 0.467. The molecule has 6 heteroatoms. The number of rotatable bonds is 9. The molecule has 3 heterocycles. The van der Waals surface area contributed by atoms with Crippen molar-refractivity contribution in [3.8, 4) is 0 Å². The molecule has 0 radical (unpaired) electrons. The lowest BCUT2D eigenvalue weighted by Gasteiger charge is -2.38. The molecule has 3 nitrogen and oxygen atoms in total. The highest BCUT2D eigenvalue weighted by molar-refractivity contribution is 7.08. The minimum atomic E-state index is -0.223. The number of aliphatic hydroxyl groups is 1. The summed E-state index contributed by atoms with van der Waals surface area (Å²) in [4.78, 5) is 5.05. The first kappa shape index (κ1) is 26.2. The smallest absolute Gasteiger partial charge is 0.0695 e. The molecule has 2 aromatic carbocycles. The Morgan fingerprint density at radius 2 is 1.81 bits per heavy atom. The maximum absolute atomic E-state index is 11.0. The van der Waals surface area contributed by atoms with Gasteiger partial charge in [0.1, 0.15) is 0 Å². The van der Waals surface area contributed by atoms with Crippen molar-refractivity contribution in [3.63, 3.8) is 0 Å². The molecule has 0 spiro atoms. The Labute approximate surface area is 229 Å². The fourth-order valence-electron chi connectivity index (χ4n) is 6.12. The first-order valence-corrected chi connectivity index (χ1v) is 14.9. The Morgan fingerprint density at radius 3 is 2.56 bits per heavy atom. The van der Waals surface area contributed by atoms with E-state index in [-0.39, 0.29) is 6.10 Å². The summed E-state index contributed by atoms with van der Waals surface area (Å²) in [6, 6.07) is 18.8. The van der Waals surface area contributed by atoms with Crippen LogP contribution in [0.1, 0.15) is 41.9 Å². The van der Waals surface area contributed by atoms with Crippen LogP contribution in [0.2, 0.25) is 10.0 Å². The molecule has 2 fully saturated rings. The van der Waals surface area contributed by atoms with Crippen LogP contribution >= 0.6 is 34.5 Å². The second-order valence-electron chi connectivity index (χ2n) is 10.6. The zero-order valence-corrected chi connectivity index (χ0v) is 23.1. The average Bonchev–Trinajstić information content (AvgIpc) is 3.53. The van der Waals surface area contributed by atoms with Gasteiger partial charge < -0.3 is 10.0 Å². The predicted molar refractivity (Wildman–Crippen MR) is 152 cm³/mol. The largest absolute Gasteiger partial charge is 0.392 e. The first-order valence-electron chi connectivity index (χ1n) is 13.2. The van der Waals surface area contributed by atoms with E-state index >= 15 is 0 Å². The Bertz CT molecular complexity index is 1090. The monoisotopic (exact) mass is 542 g/mol. The molecule has 36 heavy (non-hydrogen) atoms. The first-order chi connectivity index (χ1) is 17.5. The number of thiophene rings is 1. The van der Waals surface area contributed by atoms with Gasteiger partial charge in [0.15, 0.2) is 0 Å². The molecule has 4 atom stereocenters. The molecular weight excluding hydrogens is 507 g/mol. The minimum absolute atomic E-state index is 0.223. The highest BCUT2D eigenvalue weighted by atomic mass is 35.5. The topological polar surface area (TPSA) is 26.7 Å². The zero-order chi connectivity index (χ0) is 24.9. The summed E-state index contributed by atoms with van der Waals surface area (Å²) in [6.45, 7) is 5.86. The number of likely N-dealkylation sites (tertiary alicyclic amines) is 2. The van der Waals surface area contributed by atoms with Crippen LogP contribution in [0.3, 0.4) is 0 Å². The SMILES string of the molecule is OC1CN(CC2CN(Cc3ccc(Cl)cc3Cl)C[C@@H]2c2ccsc2)CCC1CCCc1ccccc1. The van der Waals surface area contributed by atoms with E-state index in [2.05, 4.69) is 63.0 Å². The third-order valence-corrected chi connectivity index (χ3v) is 9.37. The van der Waals surface area contributed by atoms with E-state index in [9.17, 15) is 5.11 Å². The van der Waals surface area contributed by atoms with E-state index in [4.69, 9.17) is 23.2 Å². The number of hydrogen-bond donors (Lipinski definition) is 1. The third kappa shape index (κ3) is 6.72.